The van der Waals surface area contributed by atoms with E-state index in [-0.39, 0.29) is 12.8 Å². The van der Waals surface area contributed by atoms with Gasteiger partial charge in [0.25, 0.3) is 0 Å². The van der Waals surface area contributed by atoms with Crippen molar-refractivity contribution in [3.05, 3.63) is 70.8 Å². The van der Waals surface area contributed by atoms with Crippen LogP contribution in [-0.2, 0) is 31.9 Å². The largest absolute Gasteiger partial charge is 0.468 e. The van der Waals surface area contributed by atoms with Crippen LogP contribution in [-0.4, -0.2) is 45.3 Å². The molecular weight excluding hydrogens is 420 g/mol. The van der Waals surface area contributed by atoms with E-state index < -0.39 is 47.3 Å². The number of benzene rings is 2. The van der Waals surface area contributed by atoms with Crippen molar-refractivity contribution in [3.8, 4) is 0 Å². The van der Waals surface area contributed by atoms with Crippen molar-refractivity contribution in [2.75, 3.05) is 21.3 Å². The van der Waals surface area contributed by atoms with Crippen molar-refractivity contribution in [2.45, 2.75) is 24.9 Å². The average molecular weight is 444 g/mol. The summed E-state index contributed by atoms with van der Waals surface area (Å²) in [5.74, 6) is -3.78. The van der Waals surface area contributed by atoms with Gasteiger partial charge in [-0.1, -0.05) is 0 Å². The SMILES string of the molecule is CN[C@@H](Cc1cc(F)cc(F)c1)C(=O)OC.COC(=O)[C@@H](N)Cc1cc(F)cc(F)c1. The molecule has 0 amide bonds. The number of carbonyl (C=O) groups is 2. The van der Waals surface area contributed by atoms with Crippen LogP contribution in [0.5, 0.6) is 0 Å². The lowest BCUT2D eigenvalue weighted by molar-refractivity contribution is -0.143. The fourth-order valence-corrected chi connectivity index (χ4v) is 2.63. The highest BCUT2D eigenvalue weighted by Gasteiger charge is 2.18. The monoisotopic (exact) mass is 444 g/mol. The minimum Gasteiger partial charge on any atom is -0.468 e. The topological polar surface area (TPSA) is 90.6 Å². The number of rotatable bonds is 7. The van der Waals surface area contributed by atoms with Gasteiger partial charge in [0.15, 0.2) is 0 Å². The first-order chi connectivity index (χ1) is 14.6. The first-order valence-electron chi connectivity index (χ1n) is 9.08. The molecule has 2 atom stereocenters. The summed E-state index contributed by atoms with van der Waals surface area (Å²) in [6.07, 6.45) is 0.221. The molecule has 0 spiro atoms. The Hall–Kier alpha value is -2.98. The highest BCUT2D eigenvalue weighted by molar-refractivity contribution is 5.76. The summed E-state index contributed by atoms with van der Waals surface area (Å²) in [5.41, 5.74) is 6.17. The molecule has 0 aliphatic carbocycles. The number of esters is 2. The van der Waals surface area contributed by atoms with E-state index in [1.165, 1.54) is 26.4 Å². The van der Waals surface area contributed by atoms with E-state index in [1.54, 1.807) is 7.05 Å². The van der Waals surface area contributed by atoms with Gasteiger partial charge in [-0.25, -0.2) is 17.6 Å². The standard InChI is InChI=1S/C11H13F2NO2.C10H11F2NO2/c1-14-10(11(15)16-2)5-7-3-8(12)6-9(13)4-7;1-15-10(14)9(13)4-6-2-7(11)5-8(12)3-6/h3-4,6,10,14H,5H2,1-2H3;2-3,5,9H,4,13H2,1H3/t10-;9-/m00/s1. The second-order valence-corrected chi connectivity index (χ2v) is 6.46. The summed E-state index contributed by atoms with van der Waals surface area (Å²) < 4.78 is 60.2. The molecule has 0 bridgehead atoms. The van der Waals surface area contributed by atoms with Crippen molar-refractivity contribution in [2.24, 2.45) is 5.73 Å². The van der Waals surface area contributed by atoms with E-state index in [0.29, 0.717) is 11.1 Å². The Morgan fingerprint density at radius 2 is 1.19 bits per heavy atom. The predicted molar refractivity (Wildman–Crippen MR) is 105 cm³/mol. The van der Waals surface area contributed by atoms with E-state index in [1.807, 2.05) is 0 Å². The maximum absolute atomic E-state index is 12.9. The van der Waals surface area contributed by atoms with Gasteiger partial charge >= 0.3 is 11.9 Å². The van der Waals surface area contributed by atoms with Crippen LogP contribution in [0.2, 0.25) is 0 Å². The number of halogens is 4. The van der Waals surface area contributed by atoms with Crippen molar-refractivity contribution >= 4 is 11.9 Å². The number of likely N-dealkylation sites (N-methyl/N-ethyl adjacent to an activating group) is 1. The molecule has 0 unspecified atom stereocenters. The van der Waals surface area contributed by atoms with Gasteiger partial charge in [0.2, 0.25) is 0 Å². The van der Waals surface area contributed by atoms with Crippen LogP contribution in [0.3, 0.4) is 0 Å². The normalized spacial score (nSPS) is 12.3. The number of hydrogen-bond donors (Lipinski definition) is 2. The van der Waals surface area contributed by atoms with Crippen LogP contribution in [0.1, 0.15) is 11.1 Å². The Bertz CT molecular complexity index is 855. The molecule has 0 fully saturated rings. The zero-order chi connectivity index (χ0) is 23.6. The molecule has 0 saturated heterocycles. The van der Waals surface area contributed by atoms with Crippen molar-refractivity contribution in [1.29, 1.82) is 0 Å². The summed E-state index contributed by atoms with van der Waals surface area (Å²) >= 11 is 0. The zero-order valence-electron chi connectivity index (χ0n) is 17.3. The quantitative estimate of drug-likeness (QED) is 0.503. The molecule has 0 aromatic heterocycles. The van der Waals surface area contributed by atoms with E-state index in [2.05, 4.69) is 14.8 Å². The Morgan fingerprint density at radius 1 is 0.806 bits per heavy atom. The Kier molecular flexibility index (Phi) is 10.6. The molecule has 0 aliphatic rings. The maximum Gasteiger partial charge on any atom is 0.323 e. The number of ether oxygens (including phenoxy) is 2. The second-order valence-electron chi connectivity index (χ2n) is 6.46. The molecule has 0 radical (unpaired) electrons. The molecule has 2 aromatic carbocycles. The van der Waals surface area contributed by atoms with Gasteiger partial charge in [0, 0.05) is 12.1 Å². The van der Waals surface area contributed by atoms with Gasteiger partial charge in [0.1, 0.15) is 35.4 Å². The molecule has 31 heavy (non-hydrogen) atoms. The van der Waals surface area contributed by atoms with E-state index in [9.17, 15) is 27.2 Å². The molecule has 2 aromatic rings. The maximum atomic E-state index is 12.9. The third-order valence-corrected chi connectivity index (χ3v) is 4.08. The summed E-state index contributed by atoms with van der Waals surface area (Å²) in [5, 5.41) is 2.72. The number of nitrogens with one attached hydrogen (secondary N) is 1. The Labute approximate surface area is 177 Å². The summed E-state index contributed by atoms with van der Waals surface area (Å²) in [4.78, 5) is 22.2. The lowest BCUT2D eigenvalue weighted by atomic mass is 10.1. The van der Waals surface area contributed by atoms with Gasteiger partial charge in [-0.3, -0.25) is 9.59 Å². The third kappa shape index (κ3) is 9.14. The lowest BCUT2D eigenvalue weighted by Gasteiger charge is -2.13. The van der Waals surface area contributed by atoms with Crippen LogP contribution in [0.15, 0.2) is 36.4 Å². The zero-order valence-corrected chi connectivity index (χ0v) is 17.3. The van der Waals surface area contributed by atoms with Crippen molar-refractivity contribution < 1.29 is 36.6 Å². The van der Waals surface area contributed by atoms with E-state index in [0.717, 1.165) is 24.3 Å². The van der Waals surface area contributed by atoms with Crippen LogP contribution in [0, 0.1) is 23.3 Å². The van der Waals surface area contributed by atoms with E-state index >= 15 is 0 Å². The van der Waals surface area contributed by atoms with Crippen LogP contribution in [0.4, 0.5) is 17.6 Å². The first kappa shape index (κ1) is 26.1. The Balaban J connectivity index is 0.000000311. The fraction of sp³-hybridized carbons (Fsp3) is 0.333. The minimum atomic E-state index is -0.906. The van der Waals surface area contributed by atoms with Crippen LogP contribution < -0.4 is 11.1 Å². The molecule has 0 saturated carbocycles. The second kappa shape index (κ2) is 12.7. The number of nitrogens with two attached hydrogens (primary N) is 1. The molecular formula is C21H24F4N2O4. The van der Waals surface area contributed by atoms with Gasteiger partial charge < -0.3 is 20.5 Å². The lowest BCUT2D eigenvalue weighted by Crippen LogP contribution is -2.36. The average Bonchev–Trinajstić information content (AvgIpc) is 2.69. The van der Waals surface area contributed by atoms with Crippen LogP contribution in [0.25, 0.3) is 0 Å². The molecule has 0 aliphatic heterocycles. The van der Waals surface area contributed by atoms with E-state index in [4.69, 9.17) is 5.73 Å². The van der Waals surface area contributed by atoms with Gasteiger partial charge in [0.05, 0.1) is 14.2 Å². The molecule has 170 valence electrons. The smallest absolute Gasteiger partial charge is 0.323 e. The molecule has 10 heteroatoms. The highest BCUT2D eigenvalue weighted by Crippen LogP contribution is 2.11. The summed E-state index contributed by atoms with van der Waals surface area (Å²) in [6.45, 7) is 0. The Morgan fingerprint density at radius 3 is 1.55 bits per heavy atom. The molecule has 3 N–H and O–H groups in total. The van der Waals surface area contributed by atoms with Gasteiger partial charge in [-0.05, 0) is 55.3 Å². The predicted octanol–water partition coefficient (Wildman–Crippen LogP) is 2.28. The first-order valence-corrected chi connectivity index (χ1v) is 9.08. The third-order valence-electron chi connectivity index (χ3n) is 4.08. The molecule has 2 rings (SSSR count). The number of methoxy groups -OCH3 is 2. The summed E-state index contributed by atoms with van der Waals surface area (Å²) in [7, 11) is 4.05. The number of carbonyl (C=O) groups excluding carboxylic acids is 2. The van der Waals surface area contributed by atoms with Crippen molar-refractivity contribution in [1.82, 2.24) is 5.32 Å². The van der Waals surface area contributed by atoms with Crippen LogP contribution >= 0.6 is 0 Å². The number of hydrogen-bond acceptors (Lipinski definition) is 6. The molecule has 6 nitrogen and oxygen atoms in total. The van der Waals surface area contributed by atoms with Gasteiger partial charge in [-0.2, -0.15) is 0 Å². The van der Waals surface area contributed by atoms with Crippen molar-refractivity contribution in [3.63, 3.8) is 0 Å². The fourth-order valence-electron chi connectivity index (χ4n) is 2.63. The molecule has 0 heterocycles. The highest BCUT2D eigenvalue weighted by atomic mass is 19.1. The van der Waals surface area contributed by atoms with Gasteiger partial charge in [-0.15, -0.1) is 0 Å². The summed E-state index contributed by atoms with van der Waals surface area (Å²) in [6, 6.07) is 4.68. The minimum absolute atomic E-state index is 0.0430.